The van der Waals surface area contributed by atoms with E-state index in [1.54, 1.807) is 6.07 Å². The van der Waals surface area contributed by atoms with Gasteiger partial charge in [0.1, 0.15) is 5.78 Å². The third kappa shape index (κ3) is 3.19. The Hall–Kier alpha value is -1.58. The summed E-state index contributed by atoms with van der Waals surface area (Å²) in [5.41, 5.74) is 1.32. The summed E-state index contributed by atoms with van der Waals surface area (Å²) in [4.78, 5) is 23.5. The Balaban J connectivity index is 2.24. The monoisotopic (exact) mass is 232 g/mol. The highest BCUT2D eigenvalue weighted by atomic mass is 16.1. The zero-order valence-electron chi connectivity index (χ0n) is 9.82. The van der Waals surface area contributed by atoms with Gasteiger partial charge in [0.2, 0.25) is 0 Å². The molecule has 0 amide bonds. The van der Waals surface area contributed by atoms with E-state index < -0.39 is 0 Å². The average Bonchev–Trinajstić information content (AvgIpc) is 2.35. The van der Waals surface area contributed by atoms with Gasteiger partial charge < -0.3 is 0 Å². The van der Waals surface area contributed by atoms with Crippen LogP contribution < -0.4 is 0 Å². The molecule has 0 radical (unpaired) electrons. The SMILES string of the molecule is O=C1CCCCCCc2nnccc2C(=O)C1. The first kappa shape index (κ1) is 11.9. The maximum atomic E-state index is 12.0. The maximum absolute atomic E-state index is 12.0. The number of aryl methyl sites for hydroxylation is 1. The van der Waals surface area contributed by atoms with Crippen LogP contribution in [0, 0.1) is 0 Å². The number of aromatic nitrogens is 2. The first-order valence-corrected chi connectivity index (χ1v) is 6.13. The molecule has 1 aliphatic rings. The Morgan fingerprint density at radius 1 is 1.00 bits per heavy atom. The lowest BCUT2D eigenvalue weighted by atomic mass is 10.0. The van der Waals surface area contributed by atoms with Crippen molar-refractivity contribution in [1.82, 2.24) is 10.2 Å². The molecule has 0 aliphatic heterocycles. The van der Waals surface area contributed by atoms with Gasteiger partial charge in [0.05, 0.1) is 18.3 Å². The molecule has 90 valence electrons. The van der Waals surface area contributed by atoms with Crippen molar-refractivity contribution in [2.75, 3.05) is 0 Å². The molecule has 0 fully saturated rings. The quantitative estimate of drug-likeness (QED) is 0.643. The highest BCUT2D eigenvalue weighted by molar-refractivity contribution is 6.08. The zero-order chi connectivity index (χ0) is 12.1. The number of nitrogens with zero attached hydrogens (tertiary/aromatic N) is 2. The second-order valence-electron chi connectivity index (χ2n) is 4.44. The van der Waals surface area contributed by atoms with Crippen LogP contribution in [-0.4, -0.2) is 21.8 Å². The summed E-state index contributed by atoms with van der Waals surface area (Å²) in [6.45, 7) is 0. The van der Waals surface area contributed by atoms with Crippen molar-refractivity contribution in [3.05, 3.63) is 23.5 Å². The third-order valence-electron chi connectivity index (χ3n) is 3.07. The molecule has 1 aromatic heterocycles. The largest absolute Gasteiger partial charge is 0.299 e. The van der Waals surface area contributed by atoms with Crippen molar-refractivity contribution in [2.24, 2.45) is 0 Å². The number of ketones is 2. The van der Waals surface area contributed by atoms with Crippen LogP contribution in [0.25, 0.3) is 0 Å². The topological polar surface area (TPSA) is 59.9 Å². The highest BCUT2D eigenvalue weighted by Gasteiger charge is 2.17. The molecule has 0 saturated heterocycles. The molecule has 1 aliphatic carbocycles. The Morgan fingerprint density at radius 3 is 2.59 bits per heavy atom. The molecule has 4 nitrogen and oxygen atoms in total. The molecule has 2 rings (SSSR count). The van der Waals surface area contributed by atoms with Crippen LogP contribution in [-0.2, 0) is 11.2 Å². The lowest BCUT2D eigenvalue weighted by Gasteiger charge is -2.04. The Kier molecular flexibility index (Phi) is 3.96. The van der Waals surface area contributed by atoms with E-state index in [1.165, 1.54) is 6.20 Å². The van der Waals surface area contributed by atoms with E-state index in [9.17, 15) is 9.59 Å². The van der Waals surface area contributed by atoms with Crippen LogP contribution in [0.4, 0.5) is 0 Å². The summed E-state index contributed by atoms with van der Waals surface area (Å²) in [6, 6.07) is 1.68. The van der Waals surface area contributed by atoms with Crippen LogP contribution in [0.1, 0.15) is 54.6 Å². The van der Waals surface area contributed by atoms with Gasteiger partial charge in [-0.05, 0) is 25.3 Å². The predicted octanol–water partition coefficient (Wildman–Crippen LogP) is 2.13. The minimum Gasteiger partial charge on any atom is -0.299 e. The molecule has 0 N–H and O–H groups in total. The van der Waals surface area contributed by atoms with Crippen LogP contribution in [0.5, 0.6) is 0 Å². The molecule has 0 unspecified atom stereocenters. The van der Waals surface area contributed by atoms with Gasteiger partial charge >= 0.3 is 0 Å². The zero-order valence-corrected chi connectivity index (χ0v) is 9.82. The van der Waals surface area contributed by atoms with Crippen LogP contribution in [0.2, 0.25) is 0 Å². The van der Waals surface area contributed by atoms with Crippen LogP contribution in [0.15, 0.2) is 12.3 Å². The minimum absolute atomic E-state index is 0.0126. The van der Waals surface area contributed by atoms with Gasteiger partial charge in [-0.25, -0.2) is 0 Å². The summed E-state index contributed by atoms with van der Waals surface area (Å²) in [6.07, 6.45) is 6.87. The lowest BCUT2D eigenvalue weighted by Crippen LogP contribution is -2.11. The fourth-order valence-corrected chi connectivity index (χ4v) is 2.13. The fourth-order valence-electron chi connectivity index (χ4n) is 2.13. The van der Waals surface area contributed by atoms with E-state index in [0.29, 0.717) is 12.0 Å². The molecule has 0 bridgehead atoms. The summed E-state index contributed by atoms with van der Waals surface area (Å²) in [5, 5.41) is 7.83. The summed E-state index contributed by atoms with van der Waals surface area (Å²) < 4.78 is 0. The standard InChI is InChI=1S/C13H16N2O2/c16-10-5-3-1-2-4-6-12-11(13(17)9-10)7-8-14-15-12/h7-8H,1-6,9H2. The summed E-state index contributed by atoms with van der Waals surface area (Å²) in [5.74, 6) is -0.0681. The number of hydrogen-bond acceptors (Lipinski definition) is 4. The van der Waals surface area contributed by atoms with E-state index in [0.717, 1.165) is 37.8 Å². The van der Waals surface area contributed by atoms with E-state index in [-0.39, 0.29) is 18.0 Å². The fraction of sp³-hybridized carbons (Fsp3) is 0.538. The van der Waals surface area contributed by atoms with E-state index in [2.05, 4.69) is 10.2 Å². The molecule has 1 aromatic rings. The average molecular weight is 232 g/mol. The first-order valence-electron chi connectivity index (χ1n) is 6.13. The van der Waals surface area contributed by atoms with Crippen molar-refractivity contribution >= 4 is 11.6 Å². The predicted molar refractivity (Wildman–Crippen MR) is 62.8 cm³/mol. The number of fused-ring (bicyclic) bond motifs is 1. The van der Waals surface area contributed by atoms with Crippen LogP contribution >= 0.6 is 0 Å². The van der Waals surface area contributed by atoms with Crippen molar-refractivity contribution in [3.8, 4) is 0 Å². The Bertz CT molecular complexity index is 429. The molecule has 1 heterocycles. The van der Waals surface area contributed by atoms with Crippen molar-refractivity contribution in [2.45, 2.75) is 44.9 Å². The number of rotatable bonds is 0. The molecule has 0 saturated carbocycles. The van der Waals surface area contributed by atoms with Gasteiger partial charge in [0.15, 0.2) is 5.78 Å². The van der Waals surface area contributed by atoms with Crippen LogP contribution in [0.3, 0.4) is 0 Å². The second-order valence-corrected chi connectivity index (χ2v) is 4.44. The summed E-state index contributed by atoms with van der Waals surface area (Å²) in [7, 11) is 0. The van der Waals surface area contributed by atoms with Crippen molar-refractivity contribution in [1.29, 1.82) is 0 Å². The lowest BCUT2D eigenvalue weighted by molar-refractivity contribution is -0.118. The molecular formula is C13H16N2O2. The van der Waals surface area contributed by atoms with Gasteiger partial charge in [0, 0.05) is 12.0 Å². The van der Waals surface area contributed by atoms with E-state index >= 15 is 0 Å². The van der Waals surface area contributed by atoms with E-state index in [4.69, 9.17) is 0 Å². The van der Waals surface area contributed by atoms with Gasteiger partial charge in [-0.15, -0.1) is 0 Å². The Labute approximate surface area is 100 Å². The number of carbonyl (C=O) groups excluding carboxylic acids is 2. The van der Waals surface area contributed by atoms with Gasteiger partial charge in [-0.2, -0.15) is 10.2 Å². The third-order valence-corrected chi connectivity index (χ3v) is 3.07. The molecule has 0 atom stereocenters. The van der Waals surface area contributed by atoms with Crippen molar-refractivity contribution in [3.63, 3.8) is 0 Å². The molecule has 4 heteroatoms. The van der Waals surface area contributed by atoms with Gasteiger partial charge in [-0.3, -0.25) is 9.59 Å². The number of hydrogen-bond donors (Lipinski definition) is 0. The number of carbonyl (C=O) groups is 2. The normalized spacial score (nSPS) is 18.4. The minimum atomic E-state index is -0.109. The second kappa shape index (κ2) is 5.66. The molecule has 0 aromatic carbocycles. The van der Waals surface area contributed by atoms with Gasteiger partial charge in [0.25, 0.3) is 0 Å². The Morgan fingerprint density at radius 2 is 1.76 bits per heavy atom. The summed E-state index contributed by atoms with van der Waals surface area (Å²) >= 11 is 0. The molecule has 0 spiro atoms. The van der Waals surface area contributed by atoms with Gasteiger partial charge in [-0.1, -0.05) is 12.8 Å². The number of Topliss-reactive ketones (excluding diaryl/α,β-unsaturated/α-hetero) is 2. The van der Waals surface area contributed by atoms with E-state index in [1.807, 2.05) is 0 Å². The maximum Gasteiger partial charge on any atom is 0.172 e. The highest BCUT2D eigenvalue weighted by Crippen LogP contribution is 2.15. The molecule has 17 heavy (non-hydrogen) atoms. The molecular weight excluding hydrogens is 216 g/mol. The first-order chi connectivity index (χ1) is 8.27. The van der Waals surface area contributed by atoms with Crippen molar-refractivity contribution < 1.29 is 9.59 Å². The smallest absolute Gasteiger partial charge is 0.172 e.